The molecule has 124 valence electrons. The molecule has 0 aliphatic rings. The van der Waals surface area contributed by atoms with E-state index >= 15 is 0 Å². The molecule has 0 spiro atoms. The summed E-state index contributed by atoms with van der Waals surface area (Å²) in [5.41, 5.74) is -2.59. The molecule has 0 aliphatic carbocycles. The van der Waals surface area contributed by atoms with E-state index in [9.17, 15) is 14.4 Å². The SMILES string of the molecule is [2H]C([2H])(C(NC(C)=O)(C(=O)OCC)C(=O)OCC)[N+](C)(C)C.[I-]. The Labute approximate surface area is 145 Å². The molecule has 0 saturated heterocycles. The van der Waals surface area contributed by atoms with Crippen LogP contribution in [-0.4, -0.2) is 68.7 Å². The molecule has 1 amide bonds. The Morgan fingerprint density at radius 3 is 1.71 bits per heavy atom. The summed E-state index contributed by atoms with van der Waals surface area (Å²) in [7, 11) is 4.36. The van der Waals surface area contributed by atoms with Crippen molar-refractivity contribution in [2.24, 2.45) is 0 Å². The first-order chi connectivity index (χ1) is 9.88. The molecule has 0 rings (SSSR count). The highest BCUT2D eigenvalue weighted by Gasteiger charge is 2.54. The third-order valence-corrected chi connectivity index (χ3v) is 2.03. The Hall–Kier alpha value is -0.900. The Morgan fingerprint density at radius 1 is 1.10 bits per heavy atom. The maximum atomic E-state index is 12.4. The van der Waals surface area contributed by atoms with E-state index in [1.54, 1.807) is 0 Å². The quantitative estimate of drug-likeness (QED) is 0.203. The van der Waals surface area contributed by atoms with E-state index in [0.29, 0.717) is 0 Å². The topological polar surface area (TPSA) is 81.7 Å². The molecule has 0 aromatic carbocycles. The van der Waals surface area contributed by atoms with Crippen molar-refractivity contribution in [2.75, 3.05) is 40.9 Å². The van der Waals surface area contributed by atoms with Gasteiger partial charge in [-0.2, -0.15) is 0 Å². The number of carbonyl (C=O) groups is 3. The minimum Gasteiger partial charge on any atom is -1.00 e. The van der Waals surface area contributed by atoms with Crippen LogP contribution in [0.4, 0.5) is 0 Å². The van der Waals surface area contributed by atoms with Gasteiger partial charge in [0.1, 0.15) is 6.50 Å². The number of hydrogen-bond donors (Lipinski definition) is 1. The second kappa shape index (κ2) is 9.19. The molecule has 0 saturated carbocycles. The Bertz CT molecular complexity index is 434. The molecule has 0 fully saturated rings. The van der Waals surface area contributed by atoms with Crippen molar-refractivity contribution in [2.45, 2.75) is 26.3 Å². The zero-order valence-electron chi connectivity index (χ0n) is 15.3. The van der Waals surface area contributed by atoms with E-state index in [0.717, 1.165) is 6.92 Å². The average Bonchev–Trinajstić information content (AvgIpc) is 2.34. The van der Waals surface area contributed by atoms with Gasteiger partial charge in [-0.05, 0) is 13.8 Å². The monoisotopic (exact) mass is 418 g/mol. The fourth-order valence-electron chi connectivity index (χ4n) is 1.55. The van der Waals surface area contributed by atoms with Gasteiger partial charge in [0.25, 0.3) is 5.54 Å². The van der Waals surface area contributed by atoms with E-state index in [-0.39, 0.29) is 37.2 Å². The summed E-state index contributed by atoms with van der Waals surface area (Å²) < 4.78 is 25.9. The summed E-state index contributed by atoms with van der Waals surface area (Å²) in [6, 6.07) is 0. The van der Waals surface area contributed by atoms with Crippen LogP contribution in [0.2, 0.25) is 0 Å². The van der Waals surface area contributed by atoms with Crippen LogP contribution in [0, 0.1) is 0 Å². The first-order valence-electron chi connectivity index (χ1n) is 7.33. The van der Waals surface area contributed by atoms with Crippen LogP contribution in [0.5, 0.6) is 0 Å². The summed E-state index contributed by atoms with van der Waals surface area (Å²) in [4.78, 5) is 36.4. The van der Waals surface area contributed by atoms with Crippen molar-refractivity contribution >= 4 is 17.8 Å². The first-order valence-corrected chi connectivity index (χ1v) is 6.33. The maximum Gasteiger partial charge on any atom is 0.349 e. The predicted molar refractivity (Wildman–Crippen MR) is 72.7 cm³/mol. The Morgan fingerprint density at radius 2 is 1.48 bits per heavy atom. The Balaban J connectivity index is 0. The molecule has 8 heteroatoms. The molecule has 0 aromatic heterocycles. The van der Waals surface area contributed by atoms with Crippen LogP contribution in [0.15, 0.2) is 0 Å². The Kier molecular flexibility index (Phi) is 7.94. The fourth-order valence-corrected chi connectivity index (χ4v) is 1.55. The lowest BCUT2D eigenvalue weighted by molar-refractivity contribution is -0.872. The van der Waals surface area contributed by atoms with Gasteiger partial charge in [-0.15, -0.1) is 0 Å². The average molecular weight is 418 g/mol. The van der Waals surface area contributed by atoms with E-state index in [1.165, 1.54) is 35.0 Å². The fraction of sp³-hybridized carbons (Fsp3) is 0.769. The van der Waals surface area contributed by atoms with Crippen molar-refractivity contribution in [1.29, 1.82) is 0 Å². The minimum absolute atomic E-state index is 0. The number of quaternary nitrogens is 1. The summed E-state index contributed by atoms with van der Waals surface area (Å²) in [6.07, 6.45) is 0. The lowest BCUT2D eigenvalue weighted by Crippen LogP contribution is -3.00. The first kappa shape index (κ1) is 18.1. The standard InChI is InChI=1S/C13H24N2O5.HI/c1-7-19-11(17)13(14-10(3)16,9-15(4,5)6)12(18)20-8-2;/h7-9H2,1-6H3;1H/i9D2;. The maximum absolute atomic E-state index is 12.4. The predicted octanol–water partition coefficient (Wildman–Crippen LogP) is -3.30. The van der Waals surface area contributed by atoms with E-state index in [2.05, 4.69) is 5.32 Å². The number of halogens is 1. The summed E-state index contributed by atoms with van der Waals surface area (Å²) in [5, 5.41) is 2.13. The number of nitrogens with zero attached hydrogens (tertiary/aromatic N) is 1. The van der Waals surface area contributed by atoms with Crippen molar-refractivity contribution in [3.8, 4) is 0 Å². The second-order valence-electron chi connectivity index (χ2n) is 5.00. The lowest BCUT2D eigenvalue weighted by atomic mass is 9.98. The smallest absolute Gasteiger partial charge is 0.349 e. The van der Waals surface area contributed by atoms with Crippen molar-refractivity contribution in [3.63, 3.8) is 0 Å². The molecular weight excluding hydrogens is 391 g/mol. The van der Waals surface area contributed by atoms with Gasteiger partial charge in [0, 0.05) is 6.92 Å². The van der Waals surface area contributed by atoms with Crippen LogP contribution in [0.3, 0.4) is 0 Å². The number of nitrogens with one attached hydrogen (secondary N) is 1. The zero-order valence-corrected chi connectivity index (χ0v) is 15.4. The van der Waals surface area contributed by atoms with E-state index < -0.39 is 34.4 Å². The van der Waals surface area contributed by atoms with Crippen LogP contribution in [-0.2, 0) is 23.9 Å². The van der Waals surface area contributed by atoms with Gasteiger partial charge >= 0.3 is 11.9 Å². The highest BCUT2D eigenvalue weighted by molar-refractivity contribution is 6.07. The number of rotatable bonds is 7. The molecule has 0 atom stereocenters. The molecule has 21 heavy (non-hydrogen) atoms. The van der Waals surface area contributed by atoms with Gasteiger partial charge in [0.15, 0.2) is 0 Å². The summed E-state index contributed by atoms with van der Waals surface area (Å²) in [6.45, 7) is 1.45. The van der Waals surface area contributed by atoms with Gasteiger partial charge < -0.3 is 43.3 Å². The normalized spacial score (nSPS) is 13.2. The second-order valence-corrected chi connectivity index (χ2v) is 5.00. The third-order valence-electron chi connectivity index (χ3n) is 2.03. The van der Waals surface area contributed by atoms with Gasteiger partial charge in [-0.3, -0.25) is 4.79 Å². The molecule has 0 aliphatic heterocycles. The number of esters is 2. The van der Waals surface area contributed by atoms with Gasteiger partial charge in [-0.25, -0.2) is 9.59 Å². The van der Waals surface area contributed by atoms with E-state index in [1.807, 2.05) is 0 Å². The third kappa shape index (κ3) is 7.07. The lowest BCUT2D eigenvalue weighted by Gasteiger charge is -2.35. The summed E-state index contributed by atoms with van der Waals surface area (Å²) in [5.74, 6) is -3.14. The molecule has 0 bridgehead atoms. The van der Waals surface area contributed by atoms with Crippen LogP contribution in [0.1, 0.15) is 23.5 Å². The van der Waals surface area contributed by atoms with Crippen LogP contribution < -0.4 is 29.3 Å². The number of carbonyl (C=O) groups excluding carboxylic acids is 3. The molecule has 7 nitrogen and oxygen atoms in total. The van der Waals surface area contributed by atoms with Crippen molar-refractivity contribution in [3.05, 3.63) is 0 Å². The highest BCUT2D eigenvalue weighted by atomic mass is 127. The number of amides is 1. The molecule has 0 unspecified atom stereocenters. The van der Waals surface area contributed by atoms with E-state index in [4.69, 9.17) is 12.2 Å². The molecule has 0 aromatic rings. The number of ether oxygens (including phenoxy) is 2. The number of hydrogen-bond acceptors (Lipinski definition) is 5. The van der Waals surface area contributed by atoms with Gasteiger partial charge in [0.05, 0.1) is 37.1 Å². The molecule has 0 heterocycles. The van der Waals surface area contributed by atoms with Crippen molar-refractivity contribution < 1.29 is 55.1 Å². The van der Waals surface area contributed by atoms with Gasteiger partial charge in [0.2, 0.25) is 5.91 Å². The van der Waals surface area contributed by atoms with Crippen LogP contribution in [0.25, 0.3) is 0 Å². The summed E-state index contributed by atoms with van der Waals surface area (Å²) >= 11 is 0. The molecule has 1 N–H and O–H groups in total. The van der Waals surface area contributed by atoms with Gasteiger partial charge in [-0.1, -0.05) is 0 Å². The molecule has 0 radical (unpaired) electrons. The largest absolute Gasteiger partial charge is 1.00 e. The van der Waals surface area contributed by atoms with Crippen LogP contribution >= 0.6 is 0 Å². The zero-order chi connectivity index (χ0) is 17.8. The van der Waals surface area contributed by atoms with Crippen molar-refractivity contribution in [1.82, 2.24) is 5.32 Å². The minimum atomic E-state index is -2.59. The highest BCUT2D eigenvalue weighted by Crippen LogP contribution is 2.15. The molecular formula is C13H25IN2O5. The number of likely N-dealkylation sites (N-methyl/N-ethyl adjacent to an activating group) is 1.